The van der Waals surface area contributed by atoms with Gasteiger partial charge in [-0.2, -0.15) is 0 Å². The van der Waals surface area contributed by atoms with Crippen LogP contribution in [0.2, 0.25) is 0 Å². The average molecular weight is 422 g/mol. The molecule has 0 bridgehead atoms. The lowest BCUT2D eigenvalue weighted by atomic mass is 10.0. The van der Waals surface area contributed by atoms with E-state index < -0.39 is 61.1 Å². The maximum Gasteiger partial charge on any atom is 0.470 e. The third kappa shape index (κ3) is 10.9. The molecule has 0 aromatic carbocycles. The molecule has 9 N–H and O–H groups in total. The van der Waals surface area contributed by atoms with Gasteiger partial charge >= 0.3 is 23.5 Å². The van der Waals surface area contributed by atoms with Gasteiger partial charge in [0.05, 0.1) is 13.2 Å². The summed E-state index contributed by atoms with van der Waals surface area (Å²) in [6.07, 6.45) is -9.31. The highest BCUT2D eigenvalue weighted by Gasteiger charge is 2.42. The van der Waals surface area contributed by atoms with Crippen LogP contribution in [0, 0.1) is 0 Å². The molecule has 0 saturated heterocycles. The van der Waals surface area contributed by atoms with Crippen molar-refractivity contribution in [2.75, 3.05) is 13.2 Å². The molecule has 0 aromatic rings. The molecule has 0 aliphatic carbocycles. The zero-order valence-electron chi connectivity index (χ0n) is 11.5. The van der Waals surface area contributed by atoms with Crippen LogP contribution in [0.25, 0.3) is 0 Å². The lowest BCUT2D eigenvalue weighted by Gasteiger charge is -2.32. The second-order valence-corrected chi connectivity index (χ2v) is 7.85. The maximum absolute atomic E-state index is 10.9. The molecule has 0 amide bonds. The largest absolute Gasteiger partial charge is 0.470 e. The number of phosphoric acid groups is 3. The predicted octanol–water partition coefficient (Wildman–Crippen LogP) is -3.23. The van der Waals surface area contributed by atoms with Crippen LogP contribution in [0.5, 0.6) is 0 Å². The van der Waals surface area contributed by atoms with Crippen LogP contribution in [0.4, 0.5) is 0 Å². The van der Waals surface area contributed by atoms with Gasteiger partial charge in [0.25, 0.3) is 0 Å². The first-order valence-electron chi connectivity index (χ1n) is 5.70. The summed E-state index contributed by atoms with van der Waals surface area (Å²) >= 11 is 0. The Morgan fingerprint density at radius 2 is 1.25 bits per heavy atom. The molecule has 4 atom stereocenters. The number of hydrogen-bond acceptors (Lipinski definition) is 9. The van der Waals surface area contributed by atoms with Gasteiger partial charge in [0.1, 0.15) is 24.4 Å². The van der Waals surface area contributed by atoms with Gasteiger partial charge in [-0.05, 0) is 0 Å². The van der Waals surface area contributed by atoms with Crippen molar-refractivity contribution in [3.8, 4) is 0 Å². The minimum absolute atomic E-state index is 1.16. The summed E-state index contributed by atoms with van der Waals surface area (Å²) in [4.78, 5) is 52.1. The van der Waals surface area contributed by atoms with Crippen LogP contribution in [0.3, 0.4) is 0 Å². The maximum atomic E-state index is 10.9. The van der Waals surface area contributed by atoms with E-state index in [0.29, 0.717) is 0 Å². The van der Waals surface area contributed by atoms with Crippen LogP contribution < -0.4 is 0 Å². The van der Waals surface area contributed by atoms with Crippen molar-refractivity contribution in [1.82, 2.24) is 0 Å². The lowest BCUT2D eigenvalue weighted by Crippen LogP contribution is -2.49. The molecule has 0 aromatic heterocycles. The second kappa shape index (κ2) is 9.24. The Balaban J connectivity index is 5.62. The van der Waals surface area contributed by atoms with Crippen molar-refractivity contribution in [2.24, 2.45) is 0 Å². The number of rotatable bonds is 11. The SMILES string of the molecule is O=P(O)(O)OC[C@H](OP(=O)(O)O)[C@@H](OP(=O)(O)O)[C@@H](O)[C@H](O)CO. The van der Waals surface area contributed by atoms with Gasteiger partial charge in [-0.1, -0.05) is 0 Å². The summed E-state index contributed by atoms with van der Waals surface area (Å²) in [5.41, 5.74) is 0. The van der Waals surface area contributed by atoms with Crippen LogP contribution in [0.1, 0.15) is 0 Å². The van der Waals surface area contributed by atoms with Crippen molar-refractivity contribution in [2.45, 2.75) is 24.4 Å². The molecule has 0 unspecified atom stereocenters. The molecule has 0 aliphatic heterocycles. The van der Waals surface area contributed by atoms with Crippen molar-refractivity contribution in [1.29, 1.82) is 0 Å². The van der Waals surface area contributed by atoms with E-state index in [4.69, 9.17) is 34.5 Å². The molecule has 0 heterocycles. The standard InChI is InChI=1S/C6H17O15P3/c7-1-3(8)5(9)6(21-24(16,17)18)4(20-23(13,14)15)2-19-22(10,11)12/h3-9H,1-2H2,(H2,10,11,12)(H2,13,14,15)(H2,16,17,18)/t3-,4+,5+,6-/m1/s1. The fourth-order valence-electron chi connectivity index (χ4n) is 1.37. The topological polar surface area (TPSA) is 261 Å². The van der Waals surface area contributed by atoms with Crippen LogP contribution in [0.15, 0.2) is 0 Å². The van der Waals surface area contributed by atoms with E-state index in [2.05, 4.69) is 13.6 Å². The average Bonchev–Trinajstić information content (AvgIpc) is 2.36. The number of aliphatic hydroxyl groups is 3. The van der Waals surface area contributed by atoms with E-state index >= 15 is 0 Å². The van der Waals surface area contributed by atoms with E-state index in [1.807, 2.05) is 0 Å². The summed E-state index contributed by atoms with van der Waals surface area (Å²) in [7, 11) is -16.1. The Bertz CT molecular complexity index is 517. The van der Waals surface area contributed by atoms with Gasteiger partial charge in [-0.15, -0.1) is 0 Å². The Hall–Kier alpha value is 0.210. The Labute approximate surface area is 134 Å². The third-order valence-corrected chi connectivity index (χ3v) is 3.77. The van der Waals surface area contributed by atoms with Gasteiger partial charge in [0.15, 0.2) is 0 Å². The Kier molecular flexibility index (Phi) is 9.32. The smallest absolute Gasteiger partial charge is 0.394 e. The molecular weight excluding hydrogens is 405 g/mol. The summed E-state index contributed by atoms with van der Waals surface area (Å²) in [6, 6.07) is 0. The van der Waals surface area contributed by atoms with Crippen molar-refractivity contribution >= 4 is 23.5 Å². The third-order valence-electron chi connectivity index (χ3n) is 2.22. The zero-order valence-corrected chi connectivity index (χ0v) is 14.2. The lowest BCUT2D eigenvalue weighted by molar-refractivity contribution is -0.116. The summed E-state index contributed by atoms with van der Waals surface area (Å²) < 4.78 is 44.4. The van der Waals surface area contributed by atoms with Gasteiger partial charge in [-0.25, -0.2) is 13.7 Å². The van der Waals surface area contributed by atoms with E-state index in [-0.39, 0.29) is 0 Å². The minimum Gasteiger partial charge on any atom is -0.394 e. The molecular formula is C6H17O15P3. The molecule has 15 nitrogen and oxygen atoms in total. The predicted molar refractivity (Wildman–Crippen MR) is 70.9 cm³/mol. The number of aliphatic hydroxyl groups excluding tert-OH is 3. The van der Waals surface area contributed by atoms with Gasteiger partial charge < -0.3 is 44.7 Å². The first-order chi connectivity index (χ1) is 10.6. The highest BCUT2D eigenvalue weighted by Crippen LogP contribution is 2.45. The van der Waals surface area contributed by atoms with Crippen LogP contribution in [-0.4, -0.2) is 82.3 Å². The fourth-order valence-corrected chi connectivity index (χ4v) is 2.82. The molecule has 0 spiro atoms. The van der Waals surface area contributed by atoms with Gasteiger partial charge in [-0.3, -0.25) is 13.6 Å². The highest BCUT2D eigenvalue weighted by molar-refractivity contribution is 7.47. The molecule has 0 rings (SSSR count). The van der Waals surface area contributed by atoms with Crippen molar-refractivity contribution in [3.63, 3.8) is 0 Å². The van der Waals surface area contributed by atoms with E-state index in [0.717, 1.165) is 0 Å². The normalized spacial score (nSPS) is 18.9. The number of phosphoric ester groups is 3. The molecule has 0 aliphatic rings. The van der Waals surface area contributed by atoms with Crippen molar-refractivity contribution in [3.05, 3.63) is 0 Å². The van der Waals surface area contributed by atoms with Crippen LogP contribution >= 0.6 is 23.5 Å². The molecule has 146 valence electrons. The molecule has 0 radical (unpaired) electrons. The Morgan fingerprint density at radius 1 is 0.792 bits per heavy atom. The number of hydrogen-bond donors (Lipinski definition) is 9. The summed E-state index contributed by atoms with van der Waals surface area (Å²) in [6.45, 7) is -2.57. The minimum atomic E-state index is -5.44. The zero-order chi connectivity index (χ0) is 19.3. The molecule has 0 fully saturated rings. The summed E-state index contributed by atoms with van der Waals surface area (Å²) in [5.74, 6) is 0. The van der Waals surface area contributed by atoms with Crippen LogP contribution in [-0.2, 0) is 27.3 Å². The molecule has 18 heteroatoms. The van der Waals surface area contributed by atoms with Crippen molar-refractivity contribution < 1.29 is 71.9 Å². The first kappa shape index (κ1) is 24.2. The molecule has 24 heavy (non-hydrogen) atoms. The quantitative estimate of drug-likeness (QED) is 0.148. The highest BCUT2D eigenvalue weighted by atomic mass is 31.2. The van der Waals surface area contributed by atoms with E-state index in [1.165, 1.54) is 0 Å². The van der Waals surface area contributed by atoms with E-state index in [9.17, 15) is 23.9 Å². The first-order valence-corrected chi connectivity index (χ1v) is 10.3. The monoisotopic (exact) mass is 422 g/mol. The van der Waals surface area contributed by atoms with Gasteiger partial charge in [0.2, 0.25) is 0 Å². The molecule has 0 saturated carbocycles. The summed E-state index contributed by atoms with van der Waals surface area (Å²) in [5, 5.41) is 27.7. The second-order valence-electron chi connectivity index (χ2n) is 4.22. The fraction of sp³-hybridized carbons (Fsp3) is 1.00. The van der Waals surface area contributed by atoms with E-state index in [1.54, 1.807) is 0 Å². The van der Waals surface area contributed by atoms with Gasteiger partial charge in [0, 0.05) is 0 Å². The Morgan fingerprint density at radius 3 is 1.58 bits per heavy atom.